The van der Waals surface area contributed by atoms with E-state index in [-0.39, 0.29) is 5.41 Å². The van der Waals surface area contributed by atoms with E-state index in [0.29, 0.717) is 0 Å². The quantitative estimate of drug-likeness (QED) is 0.181. The molecule has 0 saturated carbocycles. The average Bonchev–Trinajstić information content (AvgIpc) is 3.93. The van der Waals surface area contributed by atoms with Crippen molar-refractivity contribution in [1.29, 1.82) is 0 Å². The van der Waals surface area contributed by atoms with Crippen LogP contribution in [0, 0.1) is 0 Å². The van der Waals surface area contributed by atoms with Crippen molar-refractivity contribution in [2.75, 3.05) is 0 Å². The summed E-state index contributed by atoms with van der Waals surface area (Å²) in [4.78, 5) is 0. The highest BCUT2D eigenvalue weighted by molar-refractivity contribution is 6.14. The van der Waals surface area contributed by atoms with Gasteiger partial charge in [-0.1, -0.05) is 123 Å². The monoisotopic (exact) mass is 690 g/mol. The second-order valence-electron chi connectivity index (χ2n) is 15.3. The van der Waals surface area contributed by atoms with Crippen LogP contribution in [0.1, 0.15) is 25.0 Å². The molecule has 12 rings (SSSR count). The number of fused-ring (bicyclic) bond motifs is 13. The molecule has 0 N–H and O–H groups in total. The zero-order chi connectivity index (χ0) is 35.7. The molecule has 0 aliphatic heterocycles. The van der Waals surface area contributed by atoms with Gasteiger partial charge in [0.05, 0.1) is 22.1 Å². The number of furan rings is 1. The van der Waals surface area contributed by atoms with Gasteiger partial charge in [-0.15, -0.1) is 0 Å². The first-order chi connectivity index (χ1) is 26.5. The lowest BCUT2D eigenvalue weighted by Gasteiger charge is -2.22. The highest BCUT2D eigenvalue weighted by atomic mass is 16.3. The summed E-state index contributed by atoms with van der Waals surface area (Å²) in [6.45, 7) is 4.70. The number of para-hydroxylation sites is 4. The molecule has 0 spiro atoms. The number of benzene rings is 8. The summed E-state index contributed by atoms with van der Waals surface area (Å²) in [7, 11) is 0. The van der Waals surface area contributed by atoms with E-state index in [0.717, 1.165) is 11.2 Å². The lowest BCUT2D eigenvalue weighted by atomic mass is 9.82. The predicted octanol–water partition coefficient (Wildman–Crippen LogP) is 13.8. The minimum absolute atomic E-state index is 0.188. The van der Waals surface area contributed by atoms with Crippen molar-refractivity contribution >= 4 is 65.6 Å². The van der Waals surface area contributed by atoms with Crippen LogP contribution in [0.5, 0.6) is 0 Å². The highest BCUT2D eigenvalue weighted by Gasteiger charge is 2.38. The van der Waals surface area contributed by atoms with Gasteiger partial charge >= 0.3 is 0 Å². The van der Waals surface area contributed by atoms with Crippen molar-refractivity contribution in [2.24, 2.45) is 0 Å². The van der Waals surface area contributed by atoms with Gasteiger partial charge in [0.25, 0.3) is 0 Å². The van der Waals surface area contributed by atoms with E-state index in [2.05, 4.69) is 193 Å². The number of aromatic nitrogens is 2. The number of hydrogen-bond acceptors (Lipinski definition) is 1. The van der Waals surface area contributed by atoms with Gasteiger partial charge in [0.2, 0.25) is 0 Å². The van der Waals surface area contributed by atoms with Crippen LogP contribution in [0.2, 0.25) is 0 Å². The van der Waals surface area contributed by atoms with Crippen LogP contribution in [-0.2, 0) is 5.41 Å². The van der Waals surface area contributed by atoms with Gasteiger partial charge < -0.3 is 13.6 Å². The Morgan fingerprint density at radius 3 is 1.83 bits per heavy atom. The lowest BCUT2D eigenvalue weighted by molar-refractivity contribution is 0.653. The smallest absolute Gasteiger partial charge is 0.143 e. The molecule has 11 aromatic rings. The summed E-state index contributed by atoms with van der Waals surface area (Å²) >= 11 is 0. The molecule has 0 radical (unpaired) electrons. The molecular weight excluding hydrogens is 657 g/mol. The number of nitrogens with zero attached hydrogens (tertiary/aromatic N) is 2. The van der Waals surface area contributed by atoms with Crippen molar-refractivity contribution in [2.45, 2.75) is 19.3 Å². The van der Waals surface area contributed by atoms with Crippen molar-refractivity contribution < 1.29 is 4.42 Å². The maximum absolute atomic E-state index is 6.59. The van der Waals surface area contributed by atoms with Gasteiger partial charge in [-0.25, -0.2) is 0 Å². The molecule has 1 aliphatic carbocycles. The Bertz CT molecular complexity index is 3350. The van der Waals surface area contributed by atoms with E-state index in [1.165, 1.54) is 99.1 Å². The molecule has 0 unspecified atom stereocenters. The highest BCUT2D eigenvalue weighted by Crippen LogP contribution is 2.53. The third-order valence-corrected chi connectivity index (χ3v) is 12.1. The molecule has 0 atom stereocenters. The summed E-state index contributed by atoms with van der Waals surface area (Å²) in [6.07, 6.45) is 0. The molecule has 54 heavy (non-hydrogen) atoms. The Labute approximate surface area is 311 Å². The minimum atomic E-state index is -0.188. The summed E-state index contributed by atoms with van der Waals surface area (Å²) in [5, 5.41) is 7.37. The third kappa shape index (κ3) is 3.91. The van der Waals surface area contributed by atoms with Crippen LogP contribution >= 0.6 is 0 Å². The zero-order valence-corrected chi connectivity index (χ0v) is 30.0. The van der Waals surface area contributed by atoms with E-state index >= 15 is 0 Å². The van der Waals surface area contributed by atoms with E-state index in [9.17, 15) is 0 Å². The van der Waals surface area contributed by atoms with Crippen molar-refractivity contribution in [3.8, 4) is 33.6 Å². The first-order valence-electron chi connectivity index (χ1n) is 18.8. The second kappa shape index (κ2) is 10.6. The molecule has 1 aliphatic rings. The van der Waals surface area contributed by atoms with Crippen LogP contribution in [-0.4, -0.2) is 9.13 Å². The van der Waals surface area contributed by atoms with Gasteiger partial charge in [-0.2, -0.15) is 0 Å². The van der Waals surface area contributed by atoms with Crippen molar-refractivity contribution in [3.05, 3.63) is 181 Å². The molecule has 0 amide bonds. The van der Waals surface area contributed by atoms with Crippen LogP contribution in [0.25, 0.3) is 99.2 Å². The van der Waals surface area contributed by atoms with E-state index in [1.54, 1.807) is 0 Å². The first-order valence-corrected chi connectivity index (χ1v) is 18.8. The summed E-state index contributed by atoms with van der Waals surface area (Å²) in [5.74, 6) is 0. The Morgan fingerprint density at radius 2 is 1.02 bits per heavy atom. The van der Waals surface area contributed by atoms with Crippen molar-refractivity contribution in [3.63, 3.8) is 0 Å². The van der Waals surface area contributed by atoms with Gasteiger partial charge in [0.15, 0.2) is 0 Å². The maximum atomic E-state index is 6.59. The molecule has 3 heterocycles. The van der Waals surface area contributed by atoms with Crippen LogP contribution in [0.3, 0.4) is 0 Å². The molecule has 0 saturated heterocycles. The molecule has 254 valence electrons. The van der Waals surface area contributed by atoms with Gasteiger partial charge in [0, 0.05) is 54.7 Å². The first kappa shape index (κ1) is 29.7. The molecule has 8 aromatic carbocycles. The zero-order valence-electron chi connectivity index (χ0n) is 30.0. The van der Waals surface area contributed by atoms with E-state index in [1.807, 2.05) is 0 Å². The molecular formula is C51H34N2O. The third-order valence-electron chi connectivity index (χ3n) is 12.1. The fraction of sp³-hybridized carbons (Fsp3) is 0.0588. The lowest BCUT2D eigenvalue weighted by Crippen LogP contribution is -2.15. The van der Waals surface area contributed by atoms with Crippen LogP contribution in [0.15, 0.2) is 174 Å². The van der Waals surface area contributed by atoms with Gasteiger partial charge in [-0.05, 0) is 88.5 Å². The Morgan fingerprint density at radius 1 is 0.407 bits per heavy atom. The molecule has 3 aromatic heterocycles. The largest absolute Gasteiger partial charge is 0.455 e. The number of rotatable bonds is 3. The van der Waals surface area contributed by atoms with E-state index in [4.69, 9.17) is 4.42 Å². The van der Waals surface area contributed by atoms with Gasteiger partial charge in [0.1, 0.15) is 11.2 Å². The fourth-order valence-electron chi connectivity index (χ4n) is 9.56. The normalized spacial score (nSPS) is 13.5. The summed E-state index contributed by atoms with van der Waals surface area (Å²) in [5.41, 5.74) is 16.4. The SMILES string of the molecule is CC1(C)c2cc(-n3c4ccccc4c4ccc(-c5ccc6c(c5)c5ccccc5n6-c5ccccc5)cc43)ccc2-c2c1ccc1c2oc2ccccc21. The molecule has 3 heteroatoms. The Hall–Kier alpha value is -6.84. The van der Waals surface area contributed by atoms with Gasteiger partial charge in [-0.3, -0.25) is 0 Å². The van der Waals surface area contributed by atoms with Crippen LogP contribution in [0.4, 0.5) is 0 Å². The second-order valence-corrected chi connectivity index (χ2v) is 15.3. The summed E-state index contributed by atoms with van der Waals surface area (Å²) < 4.78 is 11.4. The summed E-state index contributed by atoms with van der Waals surface area (Å²) in [6, 6.07) is 62.1. The number of hydrogen-bond donors (Lipinski definition) is 0. The fourth-order valence-corrected chi connectivity index (χ4v) is 9.56. The van der Waals surface area contributed by atoms with Crippen molar-refractivity contribution in [1.82, 2.24) is 9.13 Å². The molecule has 0 fully saturated rings. The Balaban J connectivity index is 1.05. The predicted molar refractivity (Wildman–Crippen MR) is 225 cm³/mol. The minimum Gasteiger partial charge on any atom is -0.455 e. The molecule has 3 nitrogen and oxygen atoms in total. The Kier molecular flexibility index (Phi) is 5.84. The molecule has 0 bridgehead atoms. The van der Waals surface area contributed by atoms with E-state index < -0.39 is 0 Å². The topological polar surface area (TPSA) is 23.0 Å². The average molecular weight is 691 g/mol. The maximum Gasteiger partial charge on any atom is 0.143 e. The standard InChI is InChI=1S/C51H34N2O/c1-51(2)42-26-25-39-38-16-8-11-19-48(38)54-50(39)49(42)40-24-22-34(30-43(40)51)53-44-17-9-6-14-35(44)37-23-20-32(29-47(37)53)31-21-27-46-41(28-31)36-15-7-10-18-45(36)52(46)33-12-4-3-5-13-33/h3-30H,1-2H3. The van der Waals surface area contributed by atoms with Crippen LogP contribution < -0.4 is 0 Å².